The molecule has 1 unspecified atom stereocenters. The molecule has 2 N–H and O–H groups in total. The average Bonchev–Trinajstić information content (AvgIpc) is 3.12. The summed E-state index contributed by atoms with van der Waals surface area (Å²) in [5.41, 5.74) is 0.168. The van der Waals surface area contributed by atoms with Crippen LogP contribution < -0.4 is 15.6 Å². The maximum Gasteiger partial charge on any atom is 0.310 e. The number of pyridine rings is 1. The van der Waals surface area contributed by atoms with Gasteiger partial charge in [-0.15, -0.1) is 0 Å². The zero-order valence-corrected chi connectivity index (χ0v) is 22.9. The molecule has 3 rings (SSSR count). The lowest BCUT2D eigenvalue weighted by Crippen LogP contribution is -2.47. The van der Waals surface area contributed by atoms with Crippen molar-refractivity contribution in [1.82, 2.24) is 14.8 Å². The first kappa shape index (κ1) is 28.6. The molecule has 2 aromatic rings. The van der Waals surface area contributed by atoms with Gasteiger partial charge in [-0.3, -0.25) is 19.1 Å². The minimum atomic E-state index is -3.88. The van der Waals surface area contributed by atoms with Crippen LogP contribution in [-0.4, -0.2) is 54.5 Å². The smallest absolute Gasteiger partial charge is 0.310 e. The molecule has 1 aliphatic rings. The van der Waals surface area contributed by atoms with E-state index in [0.717, 1.165) is 0 Å². The summed E-state index contributed by atoms with van der Waals surface area (Å²) in [5, 5.41) is 2.57. The van der Waals surface area contributed by atoms with Gasteiger partial charge in [-0.1, -0.05) is 30.3 Å². The fourth-order valence-corrected chi connectivity index (χ4v) is 5.06. The summed E-state index contributed by atoms with van der Waals surface area (Å²) in [6, 6.07) is 11.2. The highest BCUT2D eigenvalue weighted by atomic mass is 32.2. The Morgan fingerprint density at radius 1 is 1.16 bits per heavy atom. The van der Waals surface area contributed by atoms with Crippen molar-refractivity contribution in [3.8, 4) is 0 Å². The number of nitrogens with one attached hydrogen (secondary N) is 2. The number of hydrogen-bond donors (Lipinski definition) is 2. The number of sulfonamides is 1. The first-order valence-corrected chi connectivity index (χ1v) is 13.7. The Morgan fingerprint density at radius 2 is 1.84 bits per heavy atom. The Morgan fingerprint density at radius 3 is 2.47 bits per heavy atom. The van der Waals surface area contributed by atoms with Crippen LogP contribution in [0.2, 0.25) is 0 Å². The Bertz CT molecular complexity index is 1410. The fourth-order valence-electron chi connectivity index (χ4n) is 3.87. The molecule has 1 aromatic heterocycles. The van der Waals surface area contributed by atoms with Crippen molar-refractivity contribution < 1.29 is 22.7 Å². The number of nitrogens with zero attached hydrogens (tertiary/aromatic N) is 3. The maximum absolute atomic E-state index is 13.5. The van der Waals surface area contributed by atoms with Gasteiger partial charge in [0.2, 0.25) is 22.4 Å². The number of esters is 1. The minimum Gasteiger partial charge on any atom is -0.460 e. The number of aliphatic imine (C=N–C) groups is 1. The van der Waals surface area contributed by atoms with Crippen LogP contribution in [0.4, 0.5) is 5.69 Å². The lowest BCUT2D eigenvalue weighted by atomic mass is 10.2. The van der Waals surface area contributed by atoms with Crippen LogP contribution in [-0.2, 0) is 30.1 Å². The quantitative estimate of drug-likeness (QED) is 0.366. The van der Waals surface area contributed by atoms with Crippen LogP contribution in [0.25, 0.3) is 0 Å². The number of aromatic nitrogens is 1. The lowest BCUT2D eigenvalue weighted by molar-refractivity contribution is -0.153. The fraction of sp³-hybridized carbons (Fsp3) is 0.385. The SMILES string of the molecule is Cc1ccc(NS(=O)(=O)Cc2ccccc2)c(=O)n1C1=NC(=CCC(=O)OC(C)(C)C)C(C)N1CNC=O. The molecule has 12 heteroatoms. The van der Waals surface area contributed by atoms with E-state index in [1.165, 1.54) is 10.6 Å². The molecule has 0 saturated heterocycles. The highest BCUT2D eigenvalue weighted by Gasteiger charge is 2.32. The van der Waals surface area contributed by atoms with E-state index in [4.69, 9.17) is 4.74 Å². The van der Waals surface area contributed by atoms with Crippen molar-refractivity contribution in [3.05, 3.63) is 75.8 Å². The van der Waals surface area contributed by atoms with Crippen molar-refractivity contribution in [2.75, 3.05) is 11.4 Å². The van der Waals surface area contributed by atoms with Crippen molar-refractivity contribution >= 4 is 34.0 Å². The van der Waals surface area contributed by atoms with E-state index in [2.05, 4.69) is 15.0 Å². The number of aryl methyl sites for hydroxylation is 1. The standard InChI is InChI=1S/C26H33N5O6S/c1-18-11-12-22(29-38(35,36)15-20-9-7-6-8-10-20)24(34)31(18)25-28-21(19(2)30(25)16-27-17-32)13-14-23(33)37-26(3,4)5/h6-13,17,19,29H,14-16H2,1-5H3,(H,27,32). The van der Waals surface area contributed by atoms with Gasteiger partial charge < -0.3 is 15.0 Å². The first-order chi connectivity index (χ1) is 17.8. The molecule has 1 amide bonds. The van der Waals surface area contributed by atoms with Gasteiger partial charge in [0.25, 0.3) is 5.56 Å². The number of hydrogen-bond acceptors (Lipinski definition) is 8. The van der Waals surface area contributed by atoms with Gasteiger partial charge in [0.15, 0.2) is 0 Å². The van der Waals surface area contributed by atoms with Gasteiger partial charge in [0, 0.05) is 5.69 Å². The van der Waals surface area contributed by atoms with Crippen LogP contribution in [0.1, 0.15) is 45.4 Å². The summed E-state index contributed by atoms with van der Waals surface area (Å²) < 4.78 is 34.6. The maximum atomic E-state index is 13.5. The predicted octanol–water partition coefficient (Wildman–Crippen LogP) is 2.33. The monoisotopic (exact) mass is 543 g/mol. The first-order valence-electron chi connectivity index (χ1n) is 12.0. The highest BCUT2D eigenvalue weighted by molar-refractivity contribution is 7.91. The van der Waals surface area contributed by atoms with Crippen LogP contribution in [0.3, 0.4) is 0 Å². The molecular formula is C26H33N5O6S. The third-order valence-corrected chi connectivity index (χ3v) is 6.81. The number of amides is 1. The molecule has 38 heavy (non-hydrogen) atoms. The van der Waals surface area contributed by atoms with Crippen LogP contribution >= 0.6 is 0 Å². The number of anilines is 1. The van der Waals surface area contributed by atoms with E-state index in [-0.39, 0.29) is 30.5 Å². The molecule has 1 aliphatic heterocycles. The molecule has 2 heterocycles. The molecule has 11 nitrogen and oxygen atoms in total. The summed E-state index contributed by atoms with van der Waals surface area (Å²) in [7, 11) is -3.88. The second kappa shape index (κ2) is 11.6. The Balaban J connectivity index is 1.97. The second-order valence-electron chi connectivity index (χ2n) is 9.83. The van der Waals surface area contributed by atoms with E-state index in [1.54, 1.807) is 75.1 Å². The number of ether oxygens (including phenoxy) is 1. The number of rotatable bonds is 9. The number of benzene rings is 1. The van der Waals surface area contributed by atoms with E-state index in [0.29, 0.717) is 23.4 Å². The molecule has 0 saturated carbocycles. The molecule has 204 valence electrons. The van der Waals surface area contributed by atoms with Crippen LogP contribution in [0, 0.1) is 6.92 Å². The molecule has 0 bridgehead atoms. The number of carbonyl (C=O) groups is 2. The van der Waals surface area contributed by atoms with Gasteiger partial charge in [0.05, 0.1) is 30.6 Å². The molecule has 0 spiro atoms. The van der Waals surface area contributed by atoms with E-state index in [1.807, 2.05) is 6.92 Å². The number of carbonyl (C=O) groups excluding carboxylic acids is 2. The Labute approximate surface area is 222 Å². The van der Waals surface area contributed by atoms with Gasteiger partial charge >= 0.3 is 5.97 Å². The van der Waals surface area contributed by atoms with Crippen molar-refractivity contribution in [1.29, 1.82) is 0 Å². The second-order valence-corrected chi connectivity index (χ2v) is 11.6. The van der Waals surface area contributed by atoms with Gasteiger partial charge in [-0.05, 0) is 58.4 Å². The van der Waals surface area contributed by atoms with Gasteiger partial charge in [-0.2, -0.15) is 0 Å². The van der Waals surface area contributed by atoms with Crippen molar-refractivity contribution in [2.24, 2.45) is 4.99 Å². The molecule has 1 atom stereocenters. The van der Waals surface area contributed by atoms with E-state index in [9.17, 15) is 22.8 Å². The van der Waals surface area contributed by atoms with Gasteiger partial charge in [-0.25, -0.2) is 18.0 Å². The Hall–Kier alpha value is -3.93. The molecule has 0 fully saturated rings. The largest absolute Gasteiger partial charge is 0.460 e. The third-order valence-electron chi connectivity index (χ3n) is 5.57. The lowest BCUT2D eigenvalue weighted by Gasteiger charge is -2.26. The summed E-state index contributed by atoms with van der Waals surface area (Å²) in [4.78, 5) is 43.0. The molecule has 0 aliphatic carbocycles. The summed E-state index contributed by atoms with van der Waals surface area (Å²) >= 11 is 0. The minimum absolute atomic E-state index is 0.0309. The zero-order valence-electron chi connectivity index (χ0n) is 22.1. The van der Waals surface area contributed by atoms with Gasteiger partial charge in [0.1, 0.15) is 11.3 Å². The normalized spacial score (nSPS) is 16.8. The van der Waals surface area contributed by atoms with Crippen LogP contribution in [0.15, 0.2) is 64.0 Å². The van der Waals surface area contributed by atoms with Crippen LogP contribution in [0.5, 0.6) is 0 Å². The molecule has 0 radical (unpaired) electrons. The summed E-state index contributed by atoms with van der Waals surface area (Å²) in [6.45, 7) is 8.85. The molecular weight excluding hydrogens is 510 g/mol. The third kappa shape index (κ3) is 7.31. The topological polar surface area (TPSA) is 139 Å². The predicted molar refractivity (Wildman–Crippen MR) is 145 cm³/mol. The van der Waals surface area contributed by atoms with Crippen molar-refractivity contribution in [3.63, 3.8) is 0 Å². The van der Waals surface area contributed by atoms with E-state index < -0.39 is 33.2 Å². The van der Waals surface area contributed by atoms with E-state index >= 15 is 0 Å². The highest BCUT2D eigenvalue weighted by Crippen LogP contribution is 2.23. The average molecular weight is 544 g/mol. The Kier molecular flexibility index (Phi) is 8.77. The van der Waals surface area contributed by atoms with Crippen molar-refractivity contribution in [2.45, 2.75) is 58.4 Å². The summed E-state index contributed by atoms with van der Waals surface area (Å²) in [5.74, 6) is -0.540. The molecule has 1 aromatic carbocycles. The zero-order chi connectivity index (χ0) is 28.1. The summed E-state index contributed by atoms with van der Waals surface area (Å²) in [6.07, 6.45) is 2.11.